The first-order valence-electron chi connectivity index (χ1n) is 8.40. The third-order valence-corrected chi connectivity index (χ3v) is 4.23. The molecule has 0 atom stereocenters. The third-order valence-electron chi connectivity index (χ3n) is 3.94. The molecule has 144 valence electrons. The summed E-state index contributed by atoms with van der Waals surface area (Å²) in [5.74, 6) is 0.442. The summed E-state index contributed by atoms with van der Waals surface area (Å²) < 4.78 is 13.3. The van der Waals surface area contributed by atoms with Crippen LogP contribution in [0.15, 0.2) is 47.0 Å². The zero-order valence-corrected chi connectivity index (χ0v) is 16.0. The Morgan fingerprint density at radius 1 is 1.25 bits per heavy atom. The van der Waals surface area contributed by atoms with Gasteiger partial charge in [-0.05, 0) is 30.2 Å². The minimum Gasteiger partial charge on any atom is -0.387 e. The number of anilines is 2. The molecule has 3 rings (SSSR count). The predicted octanol–water partition coefficient (Wildman–Crippen LogP) is 3.67. The van der Waals surface area contributed by atoms with E-state index in [0.717, 1.165) is 11.1 Å². The summed E-state index contributed by atoms with van der Waals surface area (Å²) in [7, 11) is 1.69. The van der Waals surface area contributed by atoms with E-state index in [1.807, 2.05) is 6.08 Å². The highest BCUT2D eigenvalue weighted by molar-refractivity contribution is 6.30. The first-order chi connectivity index (χ1) is 13.4. The second-order valence-corrected chi connectivity index (χ2v) is 6.49. The van der Waals surface area contributed by atoms with E-state index in [1.54, 1.807) is 38.2 Å². The smallest absolute Gasteiger partial charge is 0.254 e. The maximum atomic E-state index is 13.3. The molecule has 0 aliphatic heterocycles. The number of amidine groups is 1. The second-order valence-electron chi connectivity index (χ2n) is 6.09. The van der Waals surface area contributed by atoms with Gasteiger partial charge in [0.2, 0.25) is 0 Å². The van der Waals surface area contributed by atoms with Gasteiger partial charge in [-0.2, -0.15) is 15.0 Å². The number of nitrogens with two attached hydrogens (primary N) is 1. The summed E-state index contributed by atoms with van der Waals surface area (Å²) in [5.41, 5.74) is 7.75. The Morgan fingerprint density at radius 3 is 2.68 bits per heavy atom. The quantitative estimate of drug-likeness (QED) is 0.524. The molecule has 0 bridgehead atoms. The summed E-state index contributed by atoms with van der Waals surface area (Å²) >= 11 is 5.84. The van der Waals surface area contributed by atoms with E-state index in [-0.39, 0.29) is 16.9 Å². The van der Waals surface area contributed by atoms with Gasteiger partial charge in [0.15, 0.2) is 0 Å². The Morgan fingerprint density at radius 2 is 2.00 bits per heavy atom. The van der Waals surface area contributed by atoms with Crippen LogP contribution in [0.4, 0.5) is 22.0 Å². The van der Waals surface area contributed by atoms with Crippen molar-refractivity contribution in [2.45, 2.75) is 13.3 Å². The fraction of sp³-hybridized carbons (Fsp3) is 0.158. The van der Waals surface area contributed by atoms with Crippen LogP contribution in [0.3, 0.4) is 0 Å². The largest absolute Gasteiger partial charge is 0.387 e. The van der Waals surface area contributed by atoms with E-state index >= 15 is 0 Å². The SMILES string of the molecule is CNc1cc(NC(=O)C2=CC=C(c3ccc(F)c(Cl)c3)C2)nc(N=C(C)N)n1. The number of hydrogen-bond acceptors (Lipinski definition) is 5. The van der Waals surface area contributed by atoms with Crippen molar-refractivity contribution >= 4 is 46.5 Å². The number of carbonyl (C=O) groups excluding carboxylic acids is 1. The Labute approximate surface area is 166 Å². The van der Waals surface area contributed by atoms with Crippen LogP contribution in [0.5, 0.6) is 0 Å². The molecule has 0 radical (unpaired) electrons. The summed E-state index contributed by atoms with van der Waals surface area (Å²) in [4.78, 5) is 25.0. The summed E-state index contributed by atoms with van der Waals surface area (Å²) in [6.07, 6.45) is 3.92. The van der Waals surface area contributed by atoms with E-state index in [2.05, 4.69) is 25.6 Å². The lowest BCUT2D eigenvalue weighted by Gasteiger charge is -2.09. The van der Waals surface area contributed by atoms with Gasteiger partial charge in [-0.15, -0.1) is 0 Å². The average molecular weight is 401 g/mol. The lowest BCUT2D eigenvalue weighted by molar-refractivity contribution is -0.112. The topological polar surface area (TPSA) is 105 Å². The zero-order valence-electron chi connectivity index (χ0n) is 15.3. The fourth-order valence-corrected chi connectivity index (χ4v) is 2.79. The van der Waals surface area contributed by atoms with Gasteiger partial charge in [0.1, 0.15) is 17.5 Å². The molecule has 1 aliphatic carbocycles. The van der Waals surface area contributed by atoms with Crippen LogP contribution in [0.1, 0.15) is 18.9 Å². The van der Waals surface area contributed by atoms with Crippen molar-refractivity contribution in [3.8, 4) is 0 Å². The Bertz CT molecular complexity index is 1030. The molecule has 7 nitrogen and oxygen atoms in total. The summed E-state index contributed by atoms with van der Waals surface area (Å²) in [6, 6.07) is 6.07. The van der Waals surface area contributed by atoms with E-state index in [0.29, 0.717) is 29.5 Å². The van der Waals surface area contributed by atoms with Crippen LogP contribution < -0.4 is 16.4 Å². The van der Waals surface area contributed by atoms with Crippen molar-refractivity contribution in [3.63, 3.8) is 0 Å². The lowest BCUT2D eigenvalue weighted by Crippen LogP contribution is -2.15. The number of carbonyl (C=O) groups is 1. The van der Waals surface area contributed by atoms with Crippen molar-refractivity contribution in [2.75, 3.05) is 17.7 Å². The second kappa shape index (κ2) is 8.18. The highest BCUT2D eigenvalue weighted by Crippen LogP contribution is 2.31. The summed E-state index contributed by atoms with van der Waals surface area (Å²) in [6.45, 7) is 1.62. The average Bonchev–Trinajstić information content (AvgIpc) is 3.13. The first-order valence-corrected chi connectivity index (χ1v) is 8.77. The van der Waals surface area contributed by atoms with Crippen molar-refractivity contribution < 1.29 is 9.18 Å². The number of aliphatic imine (C=N–C) groups is 1. The van der Waals surface area contributed by atoms with Gasteiger partial charge in [-0.3, -0.25) is 4.79 Å². The van der Waals surface area contributed by atoms with Crippen LogP contribution >= 0.6 is 11.6 Å². The maximum Gasteiger partial charge on any atom is 0.254 e. The molecule has 1 aromatic carbocycles. The molecule has 4 N–H and O–H groups in total. The number of hydrogen-bond donors (Lipinski definition) is 3. The van der Waals surface area contributed by atoms with Crippen LogP contribution in [-0.4, -0.2) is 28.8 Å². The van der Waals surface area contributed by atoms with Gasteiger partial charge in [-0.1, -0.05) is 29.8 Å². The Hall–Kier alpha value is -3.26. The number of aromatic nitrogens is 2. The predicted molar refractivity (Wildman–Crippen MR) is 109 cm³/mol. The molecule has 0 saturated carbocycles. The first kappa shape index (κ1) is 19.5. The number of nitrogens with one attached hydrogen (secondary N) is 2. The van der Waals surface area contributed by atoms with E-state index in [4.69, 9.17) is 17.3 Å². The molecular formula is C19H18ClFN6O. The fourth-order valence-electron chi connectivity index (χ4n) is 2.61. The van der Waals surface area contributed by atoms with Crippen molar-refractivity contribution in [1.82, 2.24) is 9.97 Å². The molecule has 1 amide bonds. The van der Waals surface area contributed by atoms with Crippen LogP contribution in [0.2, 0.25) is 5.02 Å². The number of allylic oxidation sites excluding steroid dienone is 3. The van der Waals surface area contributed by atoms with Crippen LogP contribution in [0.25, 0.3) is 5.57 Å². The highest BCUT2D eigenvalue weighted by Gasteiger charge is 2.18. The molecule has 0 fully saturated rings. The molecule has 2 aromatic rings. The summed E-state index contributed by atoms with van der Waals surface area (Å²) in [5, 5.41) is 5.66. The van der Waals surface area contributed by atoms with Gasteiger partial charge in [0.05, 0.1) is 10.9 Å². The molecule has 0 spiro atoms. The van der Waals surface area contributed by atoms with Gasteiger partial charge in [-0.25, -0.2) is 4.39 Å². The number of benzene rings is 1. The van der Waals surface area contributed by atoms with Crippen molar-refractivity contribution in [2.24, 2.45) is 10.7 Å². The van der Waals surface area contributed by atoms with Crippen LogP contribution in [-0.2, 0) is 4.79 Å². The molecule has 1 aromatic heterocycles. The number of amides is 1. The molecule has 0 saturated heterocycles. The minimum absolute atomic E-state index is 0.0418. The standard InChI is InChI=1S/C19H18ClFN6O/c1-10(22)24-19-26-16(23-2)9-17(27-19)25-18(28)13-4-3-11(7-13)12-5-6-15(21)14(20)8-12/h3-6,8-9H,7H2,1-2H3,(H4,22,23,24,25,26,27,28). The van der Waals surface area contributed by atoms with E-state index in [1.165, 1.54) is 6.07 Å². The van der Waals surface area contributed by atoms with Crippen LogP contribution in [0, 0.1) is 5.82 Å². The van der Waals surface area contributed by atoms with Crippen molar-refractivity contribution in [1.29, 1.82) is 0 Å². The van der Waals surface area contributed by atoms with E-state index in [9.17, 15) is 9.18 Å². The van der Waals surface area contributed by atoms with Gasteiger partial charge in [0, 0.05) is 25.1 Å². The monoisotopic (exact) mass is 400 g/mol. The normalized spacial score (nSPS) is 13.8. The number of halogens is 2. The van der Waals surface area contributed by atoms with E-state index < -0.39 is 5.82 Å². The Kier molecular flexibility index (Phi) is 5.70. The van der Waals surface area contributed by atoms with Gasteiger partial charge >= 0.3 is 0 Å². The molecule has 28 heavy (non-hydrogen) atoms. The zero-order chi connectivity index (χ0) is 20.3. The highest BCUT2D eigenvalue weighted by atomic mass is 35.5. The van der Waals surface area contributed by atoms with Crippen molar-refractivity contribution in [3.05, 3.63) is 58.4 Å². The number of nitrogens with zero attached hydrogens (tertiary/aromatic N) is 3. The minimum atomic E-state index is -0.481. The number of rotatable bonds is 5. The van der Waals surface area contributed by atoms with Gasteiger partial charge in [0.25, 0.3) is 11.9 Å². The molecule has 9 heteroatoms. The molecular weight excluding hydrogens is 383 g/mol. The maximum absolute atomic E-state index is 13.3. The molecule has 1 aliphatic rings. The Balaban J connectivity index is 1.72. The third kappa shape index (κ3) is 4.52. The van der Waals surface area contributed by atoms with Gasteiger partial charge < -0.3 is 16.4 Å². The molecule has 1 heterocycles. The molecule has 0 unspecified atom stereocenters. The lowest BCUT2D eigenvalue weighted by atomic mass is 10.0.